The lowest BCUT2D eigenvalue weighted by Gasteiger charge is -2.08. The highest BCUT2D eigenvalue weighted by atomic mass is 35.5. The number of carbonyl (C=O) groups excluding carboxylic acids is 3. The maximum atomic E-state index is 11.9. The predicted octanol–water partition coefficient (Wildman–Crippen LogP) is 1.49. The van der Waals surface area contributed by atoms with Gasteiger partial charge in [-0.05, 0) is 18.6 Å². The van der Waals surface area contributed by atoms with Crippen LogP contribution < -0.4 is 16.0 Å². The zero-order valence-electron chi connectivity index (χ0n) is 13.2. The first kappa shape index (κ1) is 19.0. The number of rotatable bonds is 9. The molecular formula is C16H22ClN3O3. The molecule has 0 saturated carbocycles. The van der Waals surface area contributed by atoms with Crippen molar-refractivity contribution in [2.24, 2.45) is 0 Å². The quantitative estimate of drug-likeness (QED) is 0.596. The Morgan fingerprint density at radius 3 is 2.09 bits per heavy atom. The molecule has 126 valence electrons. The van der Waals surface area contributed by atoms with Crippen molar-refractivity contribution in [1.82, 2.24) is 16.0 Å². The van der Waals surface area contributed by atoms with Gasteiger partial charge in [0, 0.05) is 32.5 Å². The summed E-state index contributed by atoms with van der Waals surface area (Å²) in [5, 5.41) is 8.41. The first-order valence-electron chi connectivity index (χ1n) is 7.60. The minimum Gasteiger partial charge on any atom is -0.356 e. The van der Waals surface area contributed by atoms with Crippen molar-refractivity contribution >= 4 is 29.3 Å². The monoisotopic (exact) mass is 339 g/mol. The van der Waals surface area contributed by atoms with Gasteiger partial charge in [0.1, 0.15) is 0 Å². The molecule has 0 unspecified atom stereocenters. The van der Waals surface area contributed by atoms with E-state index in [2.05, 4.69) is 16.0 Å². The summed E-state index contributed by atoms with van der Waals surface area (Å²) in [7, 11) is 0. The van der Waals surface area contributed by atoms with E-state index in [1.807, 2.05) is 6.92 Å². The maximum Gasteiger partial charge on any atom is 0.252 e. The summed E-state index contributed by atoms with van der Waals surface area (Å²) in [5.41, 5.74) is 0.396. The second-order valence-electron chi connectivity index (χ2n) is 4.94. The van der Waals surface area contributed by atoms with Crippen LogP contribution in [-0.2, 0) is 9.59 Å². The smallest absolute Gasteiger partial charge is 0.252 e. The highest BCUT2D eigenvalue weighted by Crippen LogP contribution is 2.14. The van der Waals surface area contributed by atoms with Crippen molar-refractivity contribution < 1.29 is 14.4 Å². The molecule has 0 atom stereocenters. The van der Waals surface area contributed by atoms with Gasteiger partial charge < -0.3 is 16.0 Å². The van der Waals surface area contributed by atoms with Gasteiger partial charge in [-0.2, -0.15) is 0 Å². The van der Waals surface area contributed by atoms with Crippen LogP contribution in [0.25, 0.3) is 0 Å². The first-order valence-corrected chi connectivity index (χ1v) is 7.98. The summed E-state index contributed by atoms with van der Waals surface area (Å²) in [6.45, 7) is 3.17. The Morgan fingerprint density at radius 2 is 1.48 bits per heavy atom. The normalized spacial score (nSPS) is 10.0. The minimum atomic E-state index is -0.288. The Bertz CT molecular complexity index is 549. The molecule has 3 N–H and O–H groups in total. The molecule has 0 aliphatic rings. The maximum absolute atomic E-state index is 11.9. The zero-order chi connectivity index (χ0) is 17.1. The molecule has 0 saturated heterocycles. The lowest BCUT2D eigenvalue weighted by atomic mass is 10.2. The molecule has 0 heterocycles. The van der Waals surface area contributed by atoms with Crippen LogP contribution in [0.5, 0.6) is 0 Å². The number of halogens is 1. The van der Waals surface area contributed by atoms with Gasteiger partial charge in [0.2, 0.25) is 11.8 Å². The Kier molecular flexibility index (Phi) is 8.75. The summed E-state index contributed by atoms with van der Waals surface area (Å²) in [5.74, 6) is -0.638. The molecule has 0 bridgehead atoms. The third kappa shape index (κ3) is 7.65. The molecule has 1 rings (SSSR count). The van der Waals surface area contributed by atoms with Crippen molar-refractivity contribution in [1.29, 1.82) is 0 Å². The van der Waals surface area contributed by atoms with E-state index in [1.165, 1.54) is 0 Å². The average Bonchev–Trinajstić information content (AvgIpc) is 2.55. The first-order chi connectivity index (χ1) is 11.0. The van der Waals surface area contributed by atoms with Gasteiger partial charge in [-0.3, -0.25) is 14.4 Å². The molecule has 0 radical (unpaired) electrons. The minimum absolute atomic E-state index is 0.131. The fraction of sp³-hybridized carbons (Fsp3) is 0.438. The number of amides is 3. The number of hydrogen-bond acceptors (Lipinski definition) is 3. The predicted molar refractivity (Wildman–Crippen MR) is 89.3 cm³/mol. The van der Waals surface area contributed by atoms with Crippen LogP contribution >= 0.6 is 11.6 Å². The van der Waals surface area contributed by atoms with Gasteiger partial charge in [-0.25, -0.2) is 0 Å². The van der Waals surface area contributed by atoms with E-state index < -0.39 is 0 Å². The SMILES string of the molecule is CCCNC(=O)CCC(=O)NCCNC(=O)c1ccccc1Cl. The second kappa shape index (κ2) is 10.6. The lowest BCUT2D eigenvalue weighted by Crippen LogP contribution is -2.35. The number of hydrogen-bond donors (Lipinski definition) is 3. The van der Waals surface area contributed by atoms with Crippen molar-refractivity contribution in [2.45, 2.75) is 26.2 Å². The molecule has 0 spiro atoms. The van der Waals surface area contributed by atoms with Crippen LogP contribution in [0.4, 0.5) is 0 Å². The zero-order valence-corrected chi connectivity index (χ0v) is 13.9. The fourth-order valence-corrected chi connectivity index (χ4v) is 2.01. The van der Waals surface area contributed by atoms with Crippen LogP contribution in [0.1, 0.15) is 36.5 Å². The highest BCUT2D eigenvalue weighted by Gasteiger charge is 2.09. The second-order valence-corrected chi connectivity index (χ2v) is 5.34. The molecule has 0 aliphatic heterocycles. The van der Waals surface area contributed by atoms with E-state index in [0.717, 1.165) is 6.42 Å². The van der Waals surface area contributed by atoms with Crippen molar-refractivity contribution in [2.75, 3.05) is 19.6 Å². The third-order valence-electron chi connectivity index (χ3n) is 3.00. The van der Waals surface area contributed by atoms with Gasteiger partial charge in [0.15, 0.2) is 0 Å². The van der Waals surface area contributed by atoms with Gasteiger partial charge in [0.05, 0.1) is 10.6 Å². The third-order valence-corrected chi connectivity index (χ3v) is 3.33. The van der Waals surface area contributed by atoms with E-state index in [9.17, 15) is 14.4 Å². The molecule has 6 nitrogen and oxygen atoms in total. The van der Waals surface area contributed by atoms with Crippen molar-refractivity contribution in [3.05, 3.63) is 34.9 Å². The van der Waals surface area contributed by atoms with Gasteiger partial charge in [-0.15, -0.1) is 0 Å². The topological polar surface area (TPSA) is 87.3 Å². The van der Waals surface area contributed by atoms with E-state index >= 15 is 0 Å². The molecule has 3 amide bonds. The summed E-state index contributed by atoms with van der Waals surface area (Å²) < 4.78 is 0. The van der Waals surface area contributed by atoms with Crippen molar-refractivity contribution in [3.8, 4) is 0 Å². The van der Waals surface area contributed by atoms with E-state index in [0.29, 0.717) is 23.7 Å². The molecule has 23 heavy (non-hydrogen) atoms. The standard InChI is InChI=1S/C16H22ClN3O3/c1-2-9-18-14(21)7-8-15(22)19-10-11-20-16(23)12-5-3-4-6-13(12)17/h3-6H,2,7-11H2,1H3,(H,18,21)(H,19,22)(H,20,23). The van der Waals surface area contributed by atoms with E-state index in [1.54, 1.807) is 24.3 Å². The van der Waals surface area contributed by atoms with Crippen LogP contribution in [-0.4, -0.2) is 37.4 Å². The Labute approximate surface area is 141 Å². The molecule has 0 aromatic heterocycles. The van der Waals surface area contributed by atoms with E-state index in [-0.39, 0.29) is 37.1 Å². The van der Waals surface area contributed by atoms with Crippen LogP contribution in [0.15, 0.2) is 24.3 Å². The summed E-state index contributed by atoms with van der Waals surface area (Å²) in [6.07, 6.45) is 1.16. The lowest BCUT2D eigenvalue weighted by molar-refractivity contribution is -0.126. The Morgan fingerprint density at radius 1 is 0.913 bits per heavy atom. The molecule has 0 fully saturated rings. The largest absolute Gasteiger partial charge is 0.356 e. The Balaban J connectivity index is 2.17. The summed E-state index contributed by atoms with van der Waals surface area (Å²) in [4.78, 5) is 34.8. The number of benzene rings is 1. The molecular weight excluding hydrogens is 318 g/mol. The fourth-order valence-electron chi connectivity index (χ4n) is 1.79. The summed E-state index contributed by atoms with van der Waals surface area (Å²) in [6, 6.07) is 6.75. The molecule has 1 aromatic rings. The molecule has 1 aromatic carbocycles. The van der Waals surface area contributed by atoms with Crippen LogP contribution in [0, 0.1) is 0 Å². The summed E-state index contributed by atoms with van der Waals surface area (Å²) >= 11 is 5.92. The van der Waals surface area contributed by atoms with E-state index in [4.69, 9.17) is 11.6 Å². The average molecular weight is 340 g/mol. The van der Waals surface area contributed by atoms with Crippen LogP contribution in [0.3, 0.4) is 0 Å². The Hall–Kier alpha value is -2.08. The highest BCUT2D eigenvalue weighted by molar-refractivity contribution is 6.33. The van der Waals surface area contributed by atoms with Gasteiger partial charge >= 0.3 is 0 Å². The van der Waals surface area contributed by atoms with Gasteiger partial charge in [0.25, 0.3) is 5.91 Å². The van der Waals surface area contributed by atoms with Crippen LogP contribution in [0.2, 0.25) is 5.02 Å². The number of carbonyl (C=O) groups is 3. The van der Waals surface area contributed by atoms with Gasteiger partial charge in [-0.1, -0.05) is 30.7 Å². The molecule has 7 heteroatoms. The number of nitrogens with one attached hydrogen (secondary N) is 3. The van der Waals surface area contributed by atoms with Crippen molar-refractivity contribution in [3.63, 3.8) is 0 Å². The molecule has 0 aliphatic carbocycles.